The van der Waals surface area contributed by atoms with Crippen LogP contribution in [-0.4, -0.2) is 70.3 Å². The summed E-state index contributed by atoms with van der Waals surface area (Å²) in [6.45, 7) is 5.90. The molecule has 3 rings (SSSR count). The smallest absolute Gasteiger partial charge is 0.355 e. The average molecular weight is 347 g/mol. The van der Waals surface area contributed by atoms with E-state index in [0.29, 0.717) is 0 Å². The van der Waals surface area contributed by atoms with Gasteiger partial charge in [-0.2, -0.15) is 0 Å². The lowest BCUT2D eigenvalue weighted by Gasteiger charge is -2.34. The van der Waals surface area contributed by atoms with Crippen LogP contribution >= 0.6 is 11.3 Å². The summed E-state index contributed by atoms with van der Waals surface area (Å²) in [7, 11) is 0. The quantitative estimate of drug-likeness (QED) is 0.827. The summed E-state index contributed by atoms with van der Waals surface area (Å²) in [4.78, 5) is 19.7. The van der Waals surface area contributed by atoms with E-state index in [1.165, 1.54) is 16.9 Å². The van der Waals surface area contributed by atoms with Gasteiger partial charge in [0.25, 0.3) is 0 Å². The summed E-state index contributed by atoms with van der Waals surface area (Å²) in [5.41, 5.74) is 2.29. The molecule has 1 aromatic heterocycles. The summed E-state index contributed by atoms with van der Waals surface area (Å²) in [6.07, 6.45) is 0. The van der Waals surface area contributed by atoms with Crippen LogP contribution in [-0.2, 0) is 6.54 Å². The number of carbonyl (C=O) groups is 1. The normalized spacial score (nSPS) is 16.4. The van der Waals surface area contributed by atoms with Crippen molar-refractivity contribution in [3.63, 3.8) is 0 Å². The number of nitrogens with zero attached hydrogens (tertiary/aromatic N) is 3. The first-order valence-electron chi connectivity index (χ1n) is 7.99. The highest BCUT2D eigenvalue weighted by Crippen LogP contribution is 2.24. The Morgan fingerprint density at radius 3 is 2.38 bits per heavy atom. The maximum atomic E-state index is 10.9. The van der Waals surface area contributed by atoms with E-state index in [0.717, 1.165) is 49.8 Å². The summed E-state index contributed by atoms with van der Waals surface area (Å²) in [6, 6.07) is 8.16. The molecule has 1 aromatic carbocycles. The molecule has 24 heavy (non-hydrogen) atoms. The van der Waals surface area contributed by atoms with Crippen molar-refractivity contribution < 1.29 is 15.0 Å². The fourth-order valence-electron chi connectivity index (χ4n) is 2.83. The summed E-state index contributed by atoms with van der Waals surface area (Å²) in [5, 5.41) is 20.2. The lowest BCUT2D eigenvalue weighted by Crippen LogP contribution is -2.46. The van der Waals surface area contributed by atoms with E-state index in [-0.39, 0.29) is 12.3 Å². The molecular weight excluding hydrogens is 326 g/mol. The van der Waals surface area contributed by atoms with Gasteiger partial charge < -0.3 is 10.2 Å². The first-order valence-corrected chi connectivity index (χ1v) is 8.87. The molecule has 0 amide bonds. The summed E-state index contributed by atoms with van der Waals surface area (Å²) in [5.74, 6) is -0.991. The molecule has 1 saturated heterocycles. The summed E-state index contributed by atoms with van der Waals surface area (Å²) >= 11 is 1.35. The molecule has 0 atom stereocenters. The van der Waals surface area contributed by atoms with Gasteiger partial charge in [0.15, 0.2) is 5.69 Å². The number of carboxylic acid groups (broad SMARTS) is 1. The van der Waals surface area contributed by atoms with E-state index in [4.69, 9.17) is 10.2 Å². The zero-order chi connectivity index (χ0) is 16.9. The third kappa shape index (κ3) is 4.18. The average Bonchev–Trinajstić information content (AvgIpc) is 3.08. The molecule has 2 N–H and O–H groups in total. The van der Waals surface area contributed by atoms with Gasteiger partial charge in [-0.3, -0.25) is 9.80 Å². The first-order chi connectivity index (χ1) is 11.7. The SMILES string of the molecule is O=C(O)c1csc(-c2ccc(CN3CCN(CCO)CC3)cc2)n1. The minimum Gasteiger partial charge on any atom is -0.476 e. The molecule has 128 valence electrons. The fourth-order valence-corrected chi connectivity index (χ4v) is 3.63. The van der Waals surface area contributed by atoms with Crippen LogP contribution in [0.5, 0.6) is 0 Å². The molecule has 0 spiro atoms. The van der Waals surface area contributed by atoms with Crippen molar-refractivity contribution >= 4 is 17.3 Å². The van der Waals surface area contributed by atoms with Crippen LogP contribution in [0.3, 0.4) is 0 Å². The molecule has 0 radical (unpaired) electrons. The standard InChI is InChI=1S/C17H21N3O3S/c21-10-9-19-5-7-20(8-6-19)11-13-1-3-14(4-2-13)16-18-15(12-24-16)17(22)23/h1-4,12,21H,5-11H2,(H,22,23). The Kier molecular flexibility index (Phi) is 5.57. The number of aliphatic hydroxyl groups is 1. The number of thiazole rings is 1. The van der Waals surface area contributed by atoms with Gasteiger partial charge in [-0.15, -0.1) is 11.3 Å². The van der Waals surface area contributed by atoms with E-state index < -0.39 is 5.97 Å². The highest BCUT2D eigenvalue weighted by molar-refractivity contribution is 7.13. The Balaban J connectivity index is 1.57. The van der Waals surface area contributed by atoms with Gasteiger partial charge in [0.2, 0.25) is 0 Å². The number of aromatic carboxylic acids is 1. The topological polar surface area (TPSA) is 76.9 Å². The van der Waals surface area contributed by atoms with Gasteiger partial charge in [-0.05, 0) is 5.56 Å². The van der Waals surface area contributed by atoms with Crippen molar-refractivity contribution in [2.24, 2.45) is 0 Å². The number of hydrogen-bond donors (Lipinski definition) is 2. The van der Waals surface area contributed by atoms with Crippen molar-refractivity contribution in [3.05, 3.63) is 40.9 Å². The van der Waals surface area contributed by atoms with E-state index in [1.54, 1.807) is 5.38 Å². The van der Waals surface area contributed by atoms with Crippen molar-refractivity contribution in [3.8, 4) is 10.6 Å². The second-order valence-electron chi connectivity index (χ2n) is 5.88. The Bertz CT molecular complexity index is 679. The number of hydrogen-bond acceptors (Lipinski definition) is 6. The second-order valence-corrected chi connectivity index (χ2v) is 6.74. The number of piperazine rings is 1. The highest BCUT2D eigenvalue weighted by Gasteiger charge is 2.16. The largest absolute Gasteiger partial charge is 0.476 e. The zero-order valence-electron chi connectivity index (χ0n) is 13.4. The van der Waals surface area contributed by atoms with Crippen LogP contribution in [0.25, 0.3) is 10.6 Å². The number of aliphatic hydroxyl groups excluding tert-OH is 1. The molecule has 0 bridgehead atoms. The Morgan fingerprint density at radius 1 is 1.12 bits per heavy atom. The zero-order valence-corrected chi connectivity index (χ0v) is 14.2. The first kappa shape index (κ1) is 17.0. The number of benzene rings is 1. The molecule has 7 heteroatoms. The molecule has 2 heterocycles. The number of rotatable bonds is 6. The predicted octanol–water partition coefficient (Wildman–Crippen LogP) is 1.62. The molecule has 1 aliphatic rings. The lowest BCUT2D eigenvalue weighted by atomic mass is 10.1. The molecule has 2 aromatic rings. The second kappa shape index (κ2) is 7.85. The Morgan fingerprint density at radius 2 is 1.79 bits per heavy atom. The van der Waals surface area contributed by atoms with Gasteiger partial charge >= 0.3 is 5.97 Å². The molecule has 0 saturated carbocycles. The van der Waals surface area contributed by atoms with Gasteiger partial charge in [0.1, 0.15) is 5.01 Å². The Hall–Kier alpha value is -1.80. The van der Waals surface area contributed by atoms with E-state index >= 15 is 0 Å². The predicted molar refractivity (Wildman–Crippen MR) is 93.3 cm³/mol. The van der Waals surface area contributed by atoms with Crippen LogP contribution < -0.4 is 0 Å². The van der Waals surface area contributed by atoms with E-state index in [1.807, 2.05) is 12.1 Å². The number of carboxylic acids is 1. The van der Waals surface area contributed by atoms with Gasteiger partial charge in [-0.1, -0.05) is 24.3 Å². The van der Waals surface area contributed by atoms with Crippen molar-refractivity contribution in [2.75, 3.05) is 39.3 Å². The maximum Gasteiger partial charge on any atom is 0.355 e. The molecule has 1 fully saturated rings. The Labute approximate surface area is 145 Å². The van der Waals surface area contributed by atoms with Gasteiger partial charge in [0.05, 0.1) is 6.61 Å². The maximum absolute atomic E-state index is 10.9. The minimum atomic E-state index is -0.991. The third-order valence-electron chi connectivity index (χ3n) is 4.21. The number of β-amino-alcohol motifs (C(OH)–C–C–N with tert-alkyl or cyclic N) is 1. The van der Waals surface area contributed by atoms with Crippen LogP contribution in [0.2, 0.25) is 0 Å². The molecule has 0 unspecified atom stereocenters. The molecule has 6 nitrogen and oxygen atoms in total. The molecular formula is C17H21N3O3S. The highest BCUT2D eigenvalue weighted by atomic mass is 32.1. The van der Waals surface area contributed by atoms with Crippen LogP contribution in [0, 0.1) is 0 Å². The fraction of sp³-hybridized carbons (Fsp3) is 0.412. The monoisotopic (exact) mass is 347 g/mol. The van der Waals surface area contributed by atoms with Crippen LogP contribution in [0.15, 0.2) is 29.6 Å². The van der Waals surface area contributed by atoms with E-state index in [9.17, 15) is 4.79 Å². The van der Waals surface area contributed by atoms with Gasteiger partial charge in [-0.25, -0.2) is 9.78 Å². The summed E-state index contributed by atoms with van der Waals surface area (Å²) < 4.78 is 0. The van der Waals surface area contributed by atoms with E-state index in [2.05, 4.69) is 26.9 Å². The van der Waals surface area contributed by atoms with Crippen LogP contribution in [0.1, 0.15) is 16.1 Å². The van der Waals surface area contributed by atoms with Crippen molar-refractivity contribution in [2.45, 2.75) is 6.54 Å². The van der Waals surface area contributed by atoms with Crippen molar-refractivity contribution in [1.82, 2.24) is 14.8 Å². The van der Waals surface area contributed by atoms with Gasteiger partial charge in [0, 0.05) is 50.2 Å². The third-order valence-corrected chi connectivity index (χ3v) is 5.10. The number of aromatic nitrogens is 1. The molecule has 0 aliphatic carbocycles. The molecule has 1 aliphatic heterocycles. The van der Waals surface area contributed by atoms with Crippen LogP contribution in [0.4, 0.5) is 0 Å². The minimum absolute atomic E-state index is 0.0971. The van der Waals surface area contributed by atoms with Crippen molar-refractivity contribution in [1.29, 1.82) is 0 Å². The lowest BCUT2D eigenvalue weighted by molar-refractivity contribution is 0.0691.